The monoisotopic (exact) mass is 237 g/mol. The van der Waals surface area contributed by atoms with Crippen LogP contribution < -0.4 is 5.32 Å². The van der Waals surface area contributed by atoms with Crippen LogP contribution in [0.5, 0.6) is 0 Å². The number of benzene rings is 1. The Balaban J connectivity index is 2.02. The van der Waals surface area contributed by atoms with E-state index in [0.717, 1.165) is 16.8 Å². The molecule has 0 aliphatic heterocycles. The molecule has 1 N–H and O–H groups in total. The summed E-state index contributed by atoms with van der Waals surface area (Å²) < 4.78 is 0. The maximum absolute atomic E-state index is 9.01. The van der Waals surface area contributed by atoms with E-state index in [1.165, 1.54) is 0 Å². The summed E-state index contributed by atoms with van der Waals surface area (Å²) in [7, 11) is 0. The van der Waals surface area contributed by atoms with E-state index in [2.05, 4.69) is 23.3 Å². The first-order valence-corrected chi connectivity index (χ1v) is 5.93. The van der Waals surface area contributed by atoms with Crippen LogP contribution in [0.3, 0.4) is 0 Å². The van der Waals surface area contributed by atoms with Crippen molar-refractivity contribution in [1.29, 1.82) is 5.26 Å². The third kappa shape index (κ3) is 2.93. The van der Waals surface area contributed by atoms with Crippen molar-refractivity contribution in [1.82, 2.24) is 10.3 Å². The molecule has 90 valence electrons. The van der Waals surface area contributed by atoms with Gasteiger partial charge in [0.1, 0.15) is 0 Å². The zero-order chi connectivity index (χ0) is 12.8. The van der Waals surface area contributed by atoms with Gasteiger partial charge in [0.05, 0.1) is 17.3 Å². The van der Waals surface area contributed by atoms with Crippen LogP contribution in [0.15, 0.2) is 48.7 Å². The van der Waals surface area contributed by atoms with E-state index in [4.69, 9.17) is 5.26 Å². The Labute approximate surface area is 107 Å². The molecule has 1 unspecified atom stereocenters. The number of pyridine rings is 1. The maximum atomic E-state index is 9.01. The Morgan fingerprint density at radius 1 is 1.22 bits per heavy atom. The molecule has 0 radical (unpaired) electrons. The fourth-order valence-electron chi connectivity index (χ4n) is 1.78. The van der Waals surface area contributed by atoms with Crippen molar-refractivity contribution < 1.29 is 0 Å². The molecule has 1 heterocycles. The summed E-state index contributed by atoms with van der Waals surface area (Å²) in [5.41, 5.74) is 2.74. The standard InChI is InChI=1S/C15H15N3/c1-12(15-8-4-5-9-17-15)18-11-14-7-3-2-6-13(14)10-16/h2-9,12,18H,11H2,1H3. The fraction of sp³-hybridized carbons (Fsp3) is 0.200. The molecule has 0 saturated carbocycles. The van der Waals surface area contributed by atoms with Crippen molar-refractivity contribution in [3.8, 4) is 6.07 Å². The molecule has 3 nitrogen and oxygen atoms in total. The summed E-state index contributed by atoms with van der Waals surface area (Å²) >= 11 is 0. The number of hydrogen-bond acceptors (Lipinski definition) is 3. The van der Waals surface area contributed by atoms with Crippen LogP contribution in [0.4, 0.5) is 0 Å². The SMILES string of the molecule is CC(NCc1ccccc1C#N)c1ccccn1. The normalized spacial score (nSPS) is 11.8. The molecule has 0 saturated heterocycles. The Hall–Kier alpha value is -2.18. The zero-order valence-electron chi connectivity index (χ0n) is 10.3. The summed E-state index contributed by atoms with van der Waals surface area (Å²) in [6, 6.07) is 15.9. The van der Waals surface area contributed by atoms with Gasteiger partial charge in [0.15, 0.2) is 0 Å². The molecule has 0 bridgehead atoms. The summed E-state index contributed by atoms with van der Waals surface area (Å²) in [4.78, 5) is 4.31. The minimum atomic E-state index is 0.165. The maximum Gasteiger partial charge on any atom is 0.0995 e. The van der Waals surface area contributed by atoms with Crippen LogP contribution in [0.1, 0.15) is 29.8 Å². The molecule has 2 rings (SSSR count). The molecule has 0 amide bonds. The number of hydrogen-bond donors (Lipinski definition) is 1. The van der Waals surface area contributed by atoms with Crippen molar-refractivity contribution in [3.63, 3.8) is 0 Å². The molecule has 1 aromatic carbocycles. The highest BCUT2D eigenvalue weighted by Crippen LogP contribution is 2.11. The molecule has 0 fully saturated rings. The minimum Gasteiger partial charge on any atom is -0.305 e. The predicted molar refractivity (Wildman–Crippen MR) is 70.6 cm³/mol. The Morgan fingerprint density at radius 2 is 2.00 bits per heavy atom. The van der Waals surface area contributed by atoms with Gasteiger partial charge in [-0.2, -0.15) is 5.26 Å². The van der Waals surface area contributed by atoms with E-state index in [1.807, 2.05) is 42.5 Å². The number of nitriles is 1. The Kier molecular flexibility index (Phi) is 4.06. The average Bonchev–Trinajstić information content (AvgIpc) is 2.46. The Morgan fingerprint density at radius 3 is 2.72 bits per heavy atom. The fourth-order valence-corrected chi connectivity index (χ4v) is 1.78. The van der Waals surface area contributed by atoms with Gasteiger partial charge in [-0.1, -0.05) is 24.3 Å². The lowest BCUT2D eigenvalue weighted by molar-refractivity contribution is 0.561. The molecule has 1 aromatic heterocycles. The lowest BCUT2D eigenvalue weighted by Crippen LogP contribution is -2.19. The smallest absolute Gasteiger partial charge is 0.0995 e. The third-order valence-corrected chi connectivity index (χ3v) is 2.87. The van der Waals surface area contributed by atoms with Crippen molar-refractivity contribution >= 4 is 0 Å². The highest BCUT2D eigenvalue weighted by molar-refractivity contribution is 5.37. The number of aromatic nitrogens is 1. The summed E-state index contributed by atoms with van der Waals surface area (Å²) in [6.07, 6.45) is 1.79. The van der Waals surface area contributed by atoms with E-state index >= 15 is 0 Å². The second kappa shape index (κ2) is 5.95. The molecule has 2 aromatic rings. The van der Waals surface area contributed by atoms with Crippen molar-refractivity contribution in [2.24, 2.45) is 0 Å². The molecular weight excluding hydrogens is 222 g/mol. The lowest BCUT2D eigenvalue weighted by atomic mass is 10.1. The van der Waals surface area contributed by atoms with Gasteiger partial charge in [-0.15, -0.1) is 0 Å². The molecule has 0 aliphatic rings. The van der Waals surface area contributed by atoms with Gasteiger partial charge in [-0.3, -0.25) is 4.98 Å². The van der Waals surface area contributed by atoms with E-state index < -0.39 is 0 Å². The van der Waals surface area contributed by atoms with Gasteiger partial charge in [-0.05, 0) is 30.7 Å². The van der Waals surface area contributed by atoms with Crippen LogP contribution in [-0.4, -0.2) is 4.98 Å². The lowest BCUT2D eigenvalue weighted by Gasteiger charge is -2.13. The predicted octanol–water partition coefficient (Wildman–Crippen LogP) is 2.80. The van der Waals surface area contributed by atoms with Crippen LogP contribution in [-0.2, 0) is 6.54 Å². The summed E-state index contributed by atoms with van der Waals surface area (Å²) in [5.74, 6) is 0. The Bertz CT molecular complexity index is 543. The second-order valence-electron chi connectivity index (χ2n) is 4.13. The van der Waals surface area contributed by atoms with Crippen molar-refractivity contribution in [3.05, 3.63) is 65.5 Å². The molecule has 1 atom stereocenters. The summed E-state index contributed by atoms with van der Waals surface area (Å²) in [6.45, 7) is 2.73. The molecule has 18 heavy (non-hydrogen) atoms. The molecular formula is C15H15N3. The number of nitrogens with zero attached hydrogens (tertiary/aromatic N) is 2. The number of rotatable bonds is 4. The largest absolute Gasteiger partial charge is 0.305 e. The first-order chi connectivity index (χ1) is 8.81. The summed E-state index contributed by atoms with van der Waals surface area (Å²) in [5, 5.41) is 12.4. The molecule has 3 heteroatoms. The van der Waals surface area contributed by atoms with E-state index in [-0.39, 0.29) is 6.04 Å². The van der Waals surface area contributed by atoms with Crippen LogP contribution >= 0.6 is 0 Å². The third-order valence-electron chi connectivity index (χ3n) is 2.87. The number of nitrogens with one attached hydrogen (secondary N) is 1. The molecule has 0 spiro atoms. The van der Waals surface area contributed by atoms with Crippen LogP contribution in [0, 0.1) is 11.3 Å². The van der Waals surface area contributed by atoms with Gasteiger partial charge in [0.25, 0.3) is 0 Å². The van der Waals surface area contributed by atoms with Crippen LogP contribution in [0.2, 0.25) is 0 Å². The average molecular weight is 237 g/mol. The quantitative estimate of drug-likeness (QED) is 0.889. The van der Waals surface area contributed by atoms with Gasteiger partial charge in [-0.25, -0.2) is 0 Å². The van der Waals surface area contributed by atoms with Crippen LogP contribution in [0.25, 0.3) is 0 Å². The van der Waals surface area contributed by atoms with E-state index in [9.17, 15) is 0 Å². The first kappa shape index (κ1) is 12.3. The first-order valence-electron chi connectivity index (χ1n) is 5.93. The van der Waals surface area contributed by atoms with Gasteiger partial charge >= 0.3 is 0 Å². The van der Waals surface area contributed by atoms with Crippen molar-refractivity contribution in [2.75, 3.05) is 0 Å². The zero-order valence-corrected chi connectivity index (χ0v) is 10.3. The van der Waals surface area contributed by atoms with E-state index in [0.29, 0.717) is 6.54 Å². The van der Waals surface area contributed by atoms with E-state index in [1.54, 1.807) is 6.20 Å². The highest BCUT2D eigenvalue weighted by Gasteiger charge is 2.06. The van der Waals surface area contributed by atoms with Crippen molar-refractivity contribution in [2.45, 2.75) is 19.5 Å². The topological polar surface area (TPSA) is 48.7 Å². The second-order valence-corrected chi connectivity index (χ2v) is 4.13. The van der Waals surface area contributed by atoms with Gasteiger partial charge in [0, 0.05) is 18.8 Å². The van der Waals surface area contributed by atoms with Gasteiger partial charge < -0.3 is 5.32 Å². The van der Waals surface area contributed by atoms with Gasteiger partial charge in [0.2, 0.25) is 0 Å². The minimum absolute atomic E-state index is 0.165. The molecule has 0 aliphatic carbocycles. The highest BCUT2D eigenvalue weighted by atomic mass is 14.9.